The molecule has 0 aromatic rings. The van der Waals surface area contributed by atoms with Crippen molar-refractivity contribution in [2.24, 2.45) is 11.3 Å². The van der Waals surface area contributed by atoms with E-state index in [2.05, 4.69) is 11.0 Å². The molecule has 1 aliphatic rings. The number of carboxylic acid groups (broad SMARTS) is 1. The zero-order valence-electron chi connectivity index (χ0n) is 9.36. The molecule has 0 atom stereocenters. The zero-order chi connectivity index (χ0) is 11.5. The first-order valence-corrected chi connectivity index (χ1v) is 5.31. The van der Waals surface area contributed by atoms with Crippen LogP contribution in [0.4, 0.5) is 0 Å². The highest BCUT2D eigenvalue weighted by atomic mass is 16.4. The molecule has 0 spiro atoms. The number of nitriles is 1. The van der Waals surface area contributed by atoms with Gasteiger partial charge in [-0.05, 0) is 39.8 Å². The van der Waals surface area contributed by atoms with Gasteiger partial charge in [0, 0.05) is 12.5 Å². The van der Waals surface area contributed by atoms with E-state index in [4.69, 9.17) is 10.4 Å². The smallest absolute Gasteiger partial charge is 0.310 e. The fourth-order valence-corrected chi connectivity index (χ4v) is 1.85. The lowest BCUT2D eigenvalue weighted by Crippen LogP contribution is -2.42. The summed E-state index contributed by atoms with van der Waals surface area (Å²) >= 11 is 0. The van der Waals surface area contributed by atoms with Crippen molar-refractivity contribution in [2.45, 2.75) is 26.7 Å². The van der Waals surface area contributed by atoms with Crippen molar-refractivity contribution in [1.82, 2.24) is 4.90 Å². The van der Waals surface area contributed by atoms with E-state index in [1.54, 1.807) is 13.8 Å². The highest BCUT2D eigenvalue weighted by Gasteiger charge is 2.31. The van der Waals surface area contributed by atoms with Crippen molar-refractivity contribution in [3.63, 3.8) is 0 Å². The minimum absolute atomic E-state index is 0.161. The first-order valence-electron chi connectivity index (χ1n) is 5.31. The second-order valence-corrected chi connectivity index (χ2v) is 4.87. The molecular weight excluding hydrogens is 192 g/mol. The van der Waals surface area contributed by atoms with Crippen molar-refractivity contribution in [1.29, 1.82) is 5.26 Å². The maximum Gasteiger partial charge on any atom is 0.310 e. The van der Waals surface area contributed by atoms with E-state index < -0.39 is 11.4 Å². The van der Waals surface area contributed by atoms with Crippen molar-refractivity contribution in [3.8, 4) is 6.07 Å². The number of aliphatic carboxylic acids is 1. The van der Waals surface area contributed by atoms with E-state index in [0.29, 0.717) is 6.54 Å². The third-order valence-corrected chi connectivity index (χ3v) is 2.97. The molecule has 15 heavy (non-hydrogen) atoms. The average Bonchev–Trinajstić information content (AvgIpc) is 2.18. The molecule has 0 saturated carbocycles. The molecule has 1 rings (SSSR count). The summed E-state index contributed by atoms with van der Waals surface area (Å²) < 4.78 is 0. The molecule has 1 fully saturated rings. The SMILES string of the molecule is CC(C)(CN1CCC(C#N)CC1)C(=O)O. The summed E-state index contributed by atoms with van der Waals surface area (Å²) in [7, 11) is 0. The standard InChI is InChI=1S/C11H18N2O2/c1-11(2,10(14)15)8-13-5-3-9(7-12)4-6-13/h9H,3-6,8H2,1-2H3,(H,14,15). The van der Waals surface area contributed by atoms with Crippen LogP contribution in [0.3, 0.4) is 0 Å². The summed E-state index contributed by atoms with van der Waals surface area (Å²) in [5.74, 6) is -0.598. The van der Waals surface area contributed by atoms with Gasteiger partial charge in [0.25, 0.3) is 0 Å². The van der Waals surface area contributed by atoms with Crippen LogP contribution in [-0.4, -0.2) is 35.6 Å². The fraction of sp³-hybridized carbons (Fsp3) is 0.818. The number of nitrogens with zero attached hydrogens (tertiary/aromatic N) is 2. The second kappa shape index (κ2) is 4.63. The molecule has 1 saturated heterocycles. The minimum atomic E-state index is -0.759. The molecule has 0 amide bonds. The van der Waals surface area contributed by atoms with Crippen LogP contribution in [-0.2, 0) is 4.79 Å². The Balaban J connectivity index is 2.43. The topological polar surface area (TPSA) is 64.3 Å². The van der Waals surface area contributed by atoms with E-state index in [0.717, 1.165) is 25.9 Å². The van der Waals surface area contributed by atoms with Crippen molar-refractivity contribution in [3.05, 3.63) is 0 Å². The number of hydrogen-bond donors (Lipinski definition) is 1. The Morgan fingerprint density at radius 2 is 2.07 bits per heavy atom. The Morgan fingerprint density at radius 1 is 1.53 bits per heavy atom. The summed E-state index contributed by atoms with van der Waals surface area (Å²) in [4.78, 5) is 13.1. The molecule has 1 aliphatic heterocycles. The Morgan fingerprint density at radius 3 is 2.47 bits per heavy atom. The monoisotopic (exact) mass is 210 g/mol. The maximum atomic E-state index is 10.9. The predicted molar refractivity (Wildman–Crippen MR) is 56.2 cm³/mol. The third-order valence-electron chi connectivity index (χ3n) is 2.97. The second-order valence-electron chi connectivity index (χ2n) is 4.87. The average molecular weight is 210 g/mol. The zero-order valence-corrected chi connectivity index (χ0v) is 9.36. The van der Waals surface area contributed by atoms with Gasteiger partial charge in [0.1, 0.15) is 0 Å². The number of rotatable bonds is 3. The summed E-state index contributed by atoms with van der Waals surface area (Å²) in [5.41, 5.74) is -0.695. The van der Waals surface area contributed by atoms with Gasteiger partial charge in [0.2, 0.25) is 0 Å². The molecule has 84 valence electrons. The minimum Gasteiger partial charge on any atom is -0.481 e. The van der Waals surface area contributed by atoms with Crippen molar-refractivity contribution < 1.29 is 9.90 Å². The Hall–Kier alpha value is -1.08. The molecule has 4 nitrogen and oxygen atoms in total. The van der Waals surface area contributed by atoms with Crippen LogP contribution >= 0.6 is 0 Å². The molecule has 0 radical (unpaired) electrons. The van der Waals surface area contributed by atoms with E-state index in [1.807, 2.05) is 0 Å². The third kappa shape index (κ3) is 3.21. The van der Waals surface area contributed by atoms with Crippen LogP contribution in [0.15, 0.2) is 0 Å². The molecule has 1 N–H and O–H groups in total. The number of hydrogen-bond acceptors (Lipinski definition) is 3. The van der Waals surface area contributed by atoms with Gasteiger partial charge >= 0.3 is 5.97 Å². The van der Waals surface area contributed by atoms with Gasteiger partial charge in [-0.15, -0.1) is 0 Å². The van der Waals surface area contributed by atoms with E-state index >= 15 is 0 Å². The lowest BCUT2D eigenvalue weighted by atomic mass is 9.91. The Kier molecular flexibility index (Phi) is 3.70. The van der Waals surface area contributed by atoms with Crippen molar-refractivity contribution >= 4 is 5.97 Å². The highest BCUT2D eigenvalue weighted by molar-refractivity contribution is 5.73. The normalized spacial score (nSPS) is 19.8. The maximum absolute atomic E-state index is 10.9. The molecular formula is C11H18N2O2. The lowest BCUT2D eigenvalue weighted by Gasteiger charge is -2.33. The van der Waals surface area contributed by atoms with Crippen LogP contribution in [0.5, 0.6) is 0 Å². The molecule has 1 heterocycles. The van der Waals surface area contributed by atoms with Crippen LogP contribution in [0.1, 0.15) is 26.7 Å². The number of likely N-dealkylation sites (tertiary alicyclic amines) is 1. The predicted octanol–water partition coefficient (Wildman–Crippen LogP) is 1.33. The fourth-order valence-electron chi connectivity index (χ4n) is 1.85. The van der Waals surface area contributed by atoms with Gasteiger partial charge < -0.3 is 10.0 Å². The first kappa shape index (κ1) is 12.0. The molecule has 4 heteroatoms. The van der Waals surface area contributed by atoms with Gasteiger partial charge in [-0.25, -0.2) is 0 Å². The molecule has 0 aromatic heterocycles. The van der Waals surface area contributed by atoms with E-state index in [-0.39, 0.29) is 5.92 Å². The first-order chi connectivity index (χ1) is 6.95. The van der Waals surface area contributed by atoms with Gasteiger partial charge in [-0.3, -0.25) is 4.79 Å². The van der Waals surface area contributed by atoms with Crippen molar-refractivity contribution in [2.75, 3.05) is 19.6 Å². The van der Waals surface area contributed by atoms with Gasteiger partial charge in [-0.2, -0.15) is 5.26 Å². The number of piperidine rings is 1. The van der Waals surface area contributed by atoms with Crippen LogP contribution in [0.25, 0.3) is 0 Å². The van der Waals surface area contributed by atoms with Gasteiger partial charge in [0.15, 0.2) is 0 Å². The molecule has 0 aliphatic carbocycles. The lowest BCUT2D eigenvalue weighted by molar-refractivity contribution is -0.148. The van der Waals surface area contributed by atoms with Crippen LogP contribution < -0.4 is 0 Å². The highest BCUT2D eigenvalue weighted by Crippen LogP contribution is 2.22. The van der Waals surface area contributed by atoms with Crippen LogP contribution in [0, 0.1) is 22.7 Å². The van der Waals surface area contributed by atoms with Gasteiger partial charge in [0.05, 0.1) is 11.5 Å². The largest absolute Gasteiger partial charge is 0.481 e. The molecule has 0 unspecified atom stereocenters. The Labute approximate surface area is 90.5 Å². The quantitative estimate of drug-likeness (QED) is 0.763. The summed E-state index contributed by atoms with van der Waals surface area (Å²) in [6.45, 7) is 5.74. The van der Waals surface area contributed by atoms with Gasteiger partial charge in [-0.1, -0.05) is 0 Å². The van der Waals surface area contributed by atoms with Crippen LogP contribution in [0.2, 0.25) is 0 Å². The summed E-state index contributed by atoms with van der Waals surface area (Å²) in [6, 6.07) is 2.27. The summed E-state index contributed by atoms with van der Waals surface area (Å²) in [5, 5.41) is 17.7. The van der Waals surface area contributed by atoms with E-state index in [9.17, 15) is 4.79 Å². The molecule has 0 bridgehead atoms. The molecule has 0 aromatic carbocycles. The summed E-state index contributed by atoms with van der Waals surface area (Å²) in [6.07, 6.45) is 1.73. The number of carbonyl (C=O) groups is 1. The number of carboxylic acids is 1. The Bertz CT molecular complexity index is 273. The van der Waals surface area contributed by atoms with E-state index in [1.165, 1.54) is 0 Å².